The van der Waals surface area contributed by atoms with E-state index in [4.69, 9.17) is 5.73 Å². The predicted octanol–water partition coefficient (Wildman–Crippen LogP) is 0.961. The quantitative estimate of drug-likeness (QED) is 0.710. The number of likely N-dealkylation sites (tertiary alicyclic amines) is 1. The average molecular weight is 200 g/mol. The predicted molar refractivity (Wildman–Crippen MR) is 59.2 cm³/mol. The maximum Gasteiger partial charge on any atom is 0.0756 e. The van der Waals surface area contributed by atoms with Crippen molar-refractivity contribution in [3.63, 3.8) is 0 Å². The highest BCUT2D eigenvalue weighted by Gasteiger charge is 2.25. The SMILES string of the molecule is CC(CC(C)(O)CN)N1CCCCC1. The van der Waals surface area contributed by atoms with E-state index in [1.807, 2.05) is 6.92 Å². The third-order valence-electron chi connectivity index (χ3n) is 3.19. The highest BCUT2D eigenvalue weighted by molar-refractivity contribution is 4.81. The summed E-state index contributed by atoms with van der Waals surface area (Å²) in [6.45, 7) is 6.73. The fourth-order valence-corrected chi connectivity index (χ4v) is 2.21. The van der Waals surface area contributed by atoms with Crippen LogP contribution in [0, 0.1) is 0 Å². The molecule has 1 aliphatic heterocycles. The number of aliphatic hydroxyl groups is 1. The summed E-state index contributed by atoms with van der Waals surface area (Å²) in [5.74, 6) is 0. The molecule has 0 spiro atoms. The Labute approximate surface area is 87.3 Å². The van der Waals surface area contributed by atoms with Crippen molar-refractivity contribution < 1.29 is 5.11 Å². The van der Waals surface area contributed by atoms with Crippen LogP contribution in [-0.4, -0.2) is 41.3 Å². The zero-order valence-electron chi connectivity index (χ0n) is 9.50. The van der Waals surface area contributed by atoms with Gasteiger partial charge in [-0.1, -0.05) is 6.42 Å². The van der Waals surface area contributed by atoms with Gasteiger partial charge in [-0.15, -0.1) is 0 Å². The normalized spacial score (nSPS) is 25.7. The third kappa shape index (κ3) is 3.56. The van der Waals surface area contributed by atoms with E-state index in [1.54, 1.807) is 0 Å². The Morgan fingerprint density at radius 2 is 1.93 bits per heavy atom. The summed E-state index contributed by atoms with van der Waals surface area (Å²) in [4.78, 5) is 2.47. The van der Waals surface area contributed by atoms with Crippen LogP contribution in [0.15, 0.2) is 0 Å². The molecule has 3 nitrogen and oxygen atoms in total. The van der Waals surface area contributed by atoms with E-state index >= 15 is 0 Å². The summed E-state index contributed by atoms with van der Waals surface area (Å²) < 4.78 is 0. The van der Waals surface area contributed by atoms with Gasteiger partial charge in [0.25, 0.3) is 0 Å². The molecule has 14 heavy (non-hydrogen) atoms. The molecule has 0 aliphatic carbocycles. The number of hydrogen-bond donors (Lipinski definition) is 2. The Kier molecular flexibility index (Phi) is 4.35. The topological polar surface area (TPSA) is 49.5 Å². The molecule has 1 aliphatic rings. The van der Waals surface area contributed by atoms with Gasteiger partial charge in [0.2, 0.25) is 0 Å². The van der Waals surface area contributed by atoms with Crippen LogP contribution in [0.2, 0.25) is 0 Å². The van der Waals surface area contributed by atoms with Gasteiger partial charge < -0.3 is 15.7 Å². The number of rotatable bonds is 4. The lowest BCUT2D eigenvalue weighted by atomic mass is 9.96. The van der Waals surface area contributed by atoms with Crippen LogP contribution >= 0.6 is 0 Å². The van der Waals surface area contributed by atoms with Crippen LogP contribution in [0.4, 0.5) is 0 Å². The standard InChI is InChI=1S/C11H24N2O/c1-10(8-11(2,14)9-12)13-6-4-3-5-7-13/h10,14H,3-9,12H2,1-2H3. The average Bonchev–Trinajstić information content (AvgIpc) is 2.19. The molecule has 0 bridgehead atoms. The molecule has 3 N–H and O–H groups in total. The first kappa shape index (κ1) is 12.0. The van der Waals surface area contributed by atoms with Gasteiger partial charge in [0.15, 0.2) is 0 Å². The Morgan fingerprint density at radius 1 is 1.36 bits per heavy atom. The van der Waals surface area contributed by atoms with E-state index in [0.717, 1.165) is 6.42 Å². The van der Waals surface area contributed by atoms with Crippen molar-refractivity contribution in [3.05, 3.63) is 0 Å². The molecule has 2 atom stereocenters. The molecule has 0 amide bonds. The first-order valence-electron chi connectivity index (χ1n) is 5.72. The molecular formula is C11H24N2O. The minimum atomic E-state index is -0.698. The highest BCUT2D eigenvalue weighted by atomic mass is 16.3. The van der Waals surface area contributed by atoms with Gasteiger partial charge in [-0.2, -0.15) is 0 Å². The second-order valence-corrected chi connectivity index (χ2v) is 4.85. The Bertz CT molecular complexity index is 165. The van der Waals surface area contributed by atoms with Gasteiger partial charge in [0, 0.05) is 12.6 Å². The largest absolute Gasteiger partial charge is 0.389 e. The van der Waals surface area contributed by atoms with Crippen molar-refractivity contribution in [3.8, 4) is 0 Å². The molecule has 1 saturated heterocycles. The van der Waals surface area contributed by atoms with Gasteiger partial charge in [0.1, 0.15) is 0 Å². The minimum Gasteiger partial charge on any atom is -0.389 e. The molecule has 0 radical (unpaired) electrons. The van der Waals surface area contributed by atoms with Crippen LogP contribution in [0.1, 0.15) is 39.5 Å². The highest BCUT2D eigenvalue weighted by Crippen LogP contribution is 2.18. The summed E-state index contributed by atoms with van der Waals surface area (Å²) in [5, 5.41) is 9.87. The summed E-state index contributed by atoms with van der Waals surface area (Å²) in [5.41, 5.74) is 4.82. The maximum atomic E-state index is 9.87. The molecule has 1 heterocycles. The monoisotopic (exact) mass is 200 g/mol. The van der Waals surface area contributed by atoms with E-state index in [0.29, 0.717) is 12.6 Å². The first-order valence-corrected chi connectivity index (χ1v) is 5.72. The zero-order chi connectivity index (χ0) is 10.6. The number of piperidine rings is 1. The molecular weight excluding hydrogens is 176 g/mol. The second kappa shape index (κ2) is 5.10. The van der Waals surface area contributed by atoms with Crippen LogP contribution in [0.3, 0.4) is 0 Å². The van der Waals surface area contributed by atoms with Gasteiger partial charge in [-0.25, -0.2) is 0 Å². The van der Waals surface area contributed by atoms with E-state index < -0.39 is 5.60 Å². The lowest BCUT2D eigenvalue weighted by molar-refractivity contribution is 0.0248. The van der Waals surface area contributed by atoms with Gasteiger partial charge in [-0.05, 0) is 46.2 Å². The van der Waals surface area contributed by atoms with Crippen molar-refractivity contribution >= 4 is 0 Å². The summed E-state index contributed by atoms with van der Waals surface area (Å²) in [6.07, 6.45) is 4.74. The summed E-state index contributed by atoms with van der Waals surface area (Å²) in [6, 6.07) is 0.453. The molecule has 3 heteroatoms. The molecule has 1 fully saturated rings. The van der Waals surface area contributed by atoms with Crippen LogP contribution in [-0.2, 0) is 0 Å². The van der Waals surface area contributed by atoms with E-state index in [1.165, 1.54) is 32.4 Å². The first-order chi connectivity index (χ1) is 6.55. The molecule has 2 unspecified atom stereocenters. The van der Waals surface area contributed by atoms with E-state index in [-0.39, 0.29) is 0 Å². The number of nitrogens with two attached hydrogens (primary N) is 1. The smallest absolute Gasteiger partial charge is 0.0756 e. The molecule has 0 aromatic heterocycles. The van der Waals surface area contributed by atoms with Crippen LogP contribution < -0.4 is 5.73 Å². The fraction of sp³-hybridized carbons (Fsp3) is 1.00. The van der Waals surface area contributed by atoms with Crippen molar-refractivity contribution in [2.75, 3.05) is 19.6 Å². The number of nitrogens with zero attached hydrogens (tertiary/aromatic N) is 1. The summed E-state index contributed by atoms with van der Waals surface area (Å²) in [7, 11) is 0. The molecule has 0 saturated carbocycles. The third-order valence-corrected chi connectivity index (χ3v) is 3.19. The molecule has 1 rings (SSSR count). The molecule has 0 aromatic rings. The zero-order valence-corrected chi connectivity index (χ0v) is 9.50. The maximum absolute atomic E-state index is 9.87. The van der Waals surface area contributed by atoms with Crippen molar-refractivity contribution in [1.82, 2.24) is 4.90 Å². The number of hydrogen-bond acceptors (Lipinski definition) is 3. The van der Waals surface area contributed by atoms with Crippen molar-refractivity contribution in [2.45, 2.75) is 51.2 Å². The lowest BCUT2D eigenvalue weighted by Crippen LogP contribution is -2.45. The van der Waals surface area contributed by atoms with Crippen molar-refractivity contribution in [1.29, 1.82) is 0 Å². The van der Waals surface area contributed by atoms with Gasteiger partial charge in [0.05, 0.1) is 5.60 Å². The Balaban J connectivity index is 2.36. The Hall–Kier alpha value is -0.120. The van der Waals surface area contributed by atoms with E-state index in [9.17, 15) is 5.11 Å². The minimum absolute atomic E-state index is 0.352. The van der Waals surface area contributed by atoms with Crippen LogP contribution in [0.5, 0.6) is 0 Å². The van der Waals surface area contributed by atoms with E-state index in [2.05, 4.69) is 11.8 Å². The lowest BCUT2D eigenvalue weighted by Gasteiger charge is -2.36. The van der Waals surface area contributed by atoms with Crippen molar-refractivity contribution in [2.24, 2.45) is 5.73 Å². The second-order valence-electron chi connectivity index (χ2n) is 4.85. The molecule has 84 valence electrons. The van der Waals surface area contributed by atoms with Gasteiger partial charge >= 0.3 is 0 Å². The van der Waals surface area contributed by atoms with Crippen LogP contribution in [0.25, 0.3) is 0 Å². The molecule has 0 aromatic carbocycles. The summed E-state index contributed by atoms with van der Waals surface area (Å²) >= 11 is 0. The van der Waals surface area contributed by atoms with Gasteiger partial charge in [-0.3, -0.25) is 0 Å². The Morgan fingerprint density at radius 3 is 2.43 bits per heavy atom. The fourth-order valence-electron chi connectivity index (χ4n) is 2.21.